The van der Waals surface area contributed by atoms with Crippen LogP contribution in [0.15, 0.2) is 12.2 Å². The fraction of sp³-hybridized carbons (Fsp3) is 0.455. The molecule has 0 fully saturated rings. The molecule has 0 radical (unpaired) electrons. The highest BCUT2D eigenvalue weighted by Gasteiger charge is 2.09. The first-order chi connectivity index (χ1) is 9.01. The number of carbonyl (C=O) groups excluding carboxylic acids is 3. The Labute approximate surface area is 110 Å². The van der Waals surface area contributed by atoms with Crippen molar-refractivity contribution in [3.63, 3.8) is 0 Å². The van der Waals surface area contributed by atoms with Gasteiger partial charge in [0.15, 0.2) is 0 Å². The number of imide groups is 1. The molecule has 0 heterocycles. The summed E-state index contributed by atoms with van der Waals surface area (Å²) in [5.41, 5.74) is 0. The molecule has 0 aliphatic heterocycles. The number of carboxylic acid groups (broad SMARTS) is 1. The number of rotatable bonds is 8. The normalized spacial score (nSPS) is 9.95. The third-order valence-corrected chi connectivity index (χ3v) is 1.98. The number of nitrogens with zero attached hydrogens (tertiary/aromatic N) is 1. The van der Waals surface area contributed by atoms with Crippen molar-refractivity contribution < 1.29 is 24.3 Å². The average molecular weight is 271 g/mol. The molecular formula is C11H17N3O5. The van der Waals surface area contributed by atoms with Crippen LogP contribution in [0.3, 0.4) is 0 Å². The van der Waals surface area contributed by atoms with E-state index in [-0.39, 0.29) is 26.1 Å². The summed E-state index contributed by atoms with van der Waals surface area (Å²) < 4.78 is 0. The maximum atomic E-state index is 11.3. The Bertz CT molecular complexity index is 367. The van der Waals surface area contributed by atoms with E-state index in [4.69, 9.17) is 5.11 Å². The molecule has 0 aromatic carbocycles. The van der Waals surface area contributed by atoms with Crippen molar-refractivity contribution >= 4 is 24.3 Å². The highest BCUT2D eigenvalue weighted by atomic mass is 16.4. The van der Waals surface area contributed by atoms with Crippen LogP contribution in [0.5, 0.6) is 0 Å². The molecule has 0 spiro atoms. The molecule has 4 amide bonds. The first kappa shape index (κ1) is 16.6. The molecule has 8 nitrogen and oxygen atoms in total. The lowest BCUT2D eigenvalue weighted by atomic mass is 10.4. The number of urea groups is 1. The van der Waals surface area contributed by atoms with E-state index in [9.17, 15) is 19.2 Å². The Hall–Kier alpha value is -2.38. The molecule has 0 saturated carbocycles. The molecule has 8 heteroatoms. The Kier molecular flexibility index (Phi) is 8.42. The van der Waals surface area contributed by atoms with Gasteiger partial charge >= 0.3 is 12.0 Å². The number of aliphatic carboxylic acids is 1. The van der Waals surface area contributed by atoms with E-state index in [1.165, 1.54) is 12.2 Å². The fourth-order valence-corrected chi connectivity index (χ4v) is 1.09. The number of hydrogen-bond acceptors (Lipinski definition) is 4. The van der Waals surface area contributed by atoms with Gasteiger partial charge in [-0.2, -0.15) is 0 Å². The lowest BCUT2D eigenvalue weighted by molar-refractivity contribution is -0.137. The van der Waals surface area contributed by atoms with Crippen LogP contribution in [-0.4, -0.2) is 54.0 Å². The summed E-state index contributed by atoms with van der Waals surface area (Å²) in [5.74, 6) is -1.48. The van der Waals surface area contributed by atoms with Crippen molar-refractivity contribution in [1.82, 2.24) is 15.5 Å². The van der Waals surface area contributed by atoms with Gasteiger partial charge in [-0.05, 0) is 13.0 Å². The molecule has 3 N–H and O–H groups in total. The Morgan fingerprint density at radius 2 is 1.84 bits per heavy atom. The predicted molar refractivity (Wildman–Crippen MR) is 66.2 cm³/mol. The highest BCUT2D eigenvalue weighted by Crippen LogP contribution is 1.87. The second-order valence-electron chi connectivity index (χ2n) is 3.46. The number of carboxylic acids is 1. The van der Waals surface area contributed by atoms with Gasteiger partial charge in [-0.1, -0.05) is 6.08 Å². The van der Waals surface area contributed by atoms with Crippen molar-refractivity contribution in [2.75, 3.05) is 19.6 Å². The quantitative estimate of drug-likeness (QED) is 0.399. The molecule has 0 rings (SSSR count). The van der Waals surface area contributed by atoms with Crippen molar-refractivity contribution in [2.24, 2.45) is 0 Å². The van der Waals surface area contributed by atoms with E-state index in [0.29, 0.717) is 6.41 Å². The summed E-state index contributed by atoms with van der Waals surface area (Å²) in [6.07, 6.45) is 2.95. The zero-order valence-corrected chi connectivity index (χ0v) is 10.6. The third kappa shape index (κ3) is 8.36. The van der Waals surface area contributed by atoms with E-state index in [2.05, 4.69) is 10.6 Å². The van der Waals surface area contributed by atoms with Gasteiger partial charge in [0.2, 0.25) is 6.41 Å². The molecular weight excluding hydrogens is 254 g/mol. The van der Waals surface area contributed by atoms with Crippen LogP contribution in [0, 0.1) is 0 Å². The molecule has 0 aromatic rings. The summed E-state index contributed by atoms with van der Waals surface area (Å²) >= 11 is 0. The predicted octanol–water partition coefficient (Wildman–Crippen LogP) is -0.679. The van der Waals surface area contributed by atoms with Crippen LogP contribution >= 0.6 is 0 Å². The van der Waals surface area contributed by atoms with Gasteiger partial charge < -0.3 is 15.7 Å². The topological polar surface area (TPSA) is 116 Å². The molecule has 0 atom stereocenters. The molecule has 0 aliphatic carbocycles. The van der Waals surface area contributed by atoms with Crippen LogP contribution in [-0.2, 0) is 14.4 Å². The van der Waals surface area contributed by atoms with Crippen LogP contribution in [0.25, 0.3) is 0 Å². The number of hydrogen-bond donors (Lipinski definition) is 3. The van der Waals surface area contributed by atoms with E-state index in [0.717, 1.165) is 4.90 Å². The number of nitrogens with one attached hydrogen (secondary N) is 2. The molecule has 0 unspecified atom stereocenters. The minimum absolute atomic E-state index is 0.00998. The minimum Gasteiger partial charge on any atom is -0.481 e. The summed E-state index contributed by atoms with van der Waals surface area (Å²) in [4.78, 5) is 44.2. The largest absolute Gasteiger partial charge is 0.481 e. The first-order valence-electron chi connectivity index (χ1n) is 5.63. The molecule has 0 bridgehead atoms. The summed E-state index contributed by atoms with van der Waals surface area (Å²) in [6.45, 7) is 1.78. The van der Waals surface area contributed by atoms with Gasteiger partial charge in [0.05, 0.1) is 6.42 Å². The highest BCUT2D eigenvalue weighted by molar-refractivity contribution is 5.94. The van der Waals surface area contributed by atoms with Gasteiger partial charge in [0.1, 0.15) is 0 Å². The van der Waals surface area contributed by atoms with Crippen LogP contribution < -0.4 is 10.6 Å². The summed E-state index contributed by atoms with van der Waals surface area (Å²) in [5, 5.41) is 13.1. The van der Waals surface area contributed by atoms with E-state index < -0.39 is 17.9 Å². The van der Waals surface area contributed by atoms with Gasteiger partial charge in [-0.15, -0.1) is 0 Å². The minimum atomic E-state index is -1.01. The van der Waals surface area contributed by atoms with Gasteiger partial charge in [0, 0.05) is 19.6 Å². The lowest BCUT2D eigenvalue weighted by Crippen LogP contribution is -2.41. The maximum absolute atomic E-state index is 11.3. The van der Waals surface area contributed by atoms with E-state index in [1.807, 2.05) is 0 Å². The zero-order chi connectivity index (χ0) is 14.7. The number of carbonyl (C=O) groups is 4. The van der Waals surface area contributed by atoms with Crippen molar-refractivity contribution in [3.05, 3.63) is 12.2 Å². The van der Waals surface area contributed by atoms with E-state index in [1.54, 1.807) is 6.92 Å². The Morgan fingerprint density at radius 1 is 1.21 bits per heavy atom. The average Bonchev–Trinajstić information content (AvgIpc) is 2.34. The second kappa shape index (κ2) is 9.63. The monoisotopic (exact) mass is 271 g/mol. The van der Waals surface area contributed by atoms with E-state index >= 15 is 0 Å². The Balaban J connectivity index is 3.87. The van der Waals surface area contributed by atoms with Crippen molar-refractivity contribution in [3.8, 4) is 0 Å². The standard InChI is InChI=1S/C11H17N3O5/c1-2-3-9(16)14(8-15)7-6-13-11(19)12-5-4-10(17)18/h2-3,8H,4-7H2,1H3,(H,17,18)(H2,12,13,19)/b3-2-. The fourth-order valence-electron chi connectivity index (χ4n) is 1.09. The van der Waals surface area contributed by atoms with Gasteiger partial charge in [-0.25, -0.2) is 4.79 Å². The van der Waals surface area contributed by atoms with Crippen molar-refractivity contribution in [1.29, 1.82) is 0 Å². The van der Waals surface area contributed by atoms with Crippen LogP contribution in [0.4, 0.5) is 4.79 Å². The lowest BCUT2D eigenvalue weighted by Gasteiger charge is -2.13. The summed E-state index contributed by atoms with van der Waals surface area (Å²) in [7, 11) is 0. The maximum Gasteiger partial charge on any atom is 0.314 e. The second-order valence-corrected chi connectivity index (χ2v) is 3.46. The van der Waals surface area contributed by atoms with Gasteiger partial charge in [-0.3, -0.25) is 19.3 Å². The molecule has 106 valence electrons. The zero-order valence-electron chi connectivity index (χ0n) is 10.6. The number of amides is 4. The van der Waals surface area contributed by atoms with Gasteiger partial charge in [0.25, 0.3) is 5.91 Å². The smallest absolute Gasteiger partial charge is 0.314 e. The summed E-state index contributed by atoms with van der Waals surface area (Å²) in [6, 6.07) is -0.550. The molecule has 0 aromatic heterocycles. The Morgan fingerprint density at radius 3 is 2.37 bits per heavy atom. The molecule has 0 saturated heterocycles. The number of allylic oxidation sites excluding steroid dienone is 1. The molecule has 0 aliphatic rings. The van der Waals surface area contributed by atoms with Crippen molar-refractivity contribution in [2.45, 2.75) is 13.3 Å². The van der Waals surface area contributed by atoms with Crippen LogP contribution in [0.1, 0.15) is 13.3 Å². The SMILES string of the molecule is C/C=C\C(=O)N(C=O)CCNC(=O)NCCC(=O)O. The third-order valence-electron chi connectivity index (χ3n) is 1.98. The van der Waals surface area contributed by atoms with Crippen LogP contribution in [0.2, 0.25) is 0 Å². The first-order valence-corrected chi connectivity index (χ1v) is 5.63. The molecule has 19 heavy (non-hydrogen) atoms.